The topological polar surface area (TPSA) is 50.7 Å². The van der Waals surface area contributed by atoms with Gasteiger partial charge in [0.15, 0.2) is 0 Å². The zero-order chi connectivity index (χ0) is 16.2. The van der Waals surface area contributed by atoms with Crippen molar-refractivity contribution in [3.63, 3.8) is 0 Å². The van der Waals surface area contributed by atoms with E-state index in [4.69, 9.17) is 4.74 Å². The van der Waals surface area contributed by atoms with E-state index in [9.17, 15) is 4.79 Å². The first kappa shape index (κ1) is 18.2. The van der Waals surface area contributed by atoms with Gasteiger partial charge in [-0.2, -0.15) is 5.10 Å². The standard InChI is InChI=1S/C18H28N2O2/c1-4-7-8-9-14-22-17-12-10-15(11-13-17)18(21)20-19-16(5-2)6-3/h10-13H,4-9,14H2,1-3H3,(H,20,21). The van der Waals surface area contributed by atoms with Gasteiger partial charge < -0.3 is 4.74 Å². The lowest BCUT2D eigenvalue weighted by Crippen LogP contribution is -2.19. The Morgan fingerprint density at radius 3 is 2.32 bits per heavy atom. The van der Waals surface area contributed by atoms with Crippen LogP contribution in [-0.2, 0) is 0 Å². The first-order chi connectivity index (χ1) is 10.7. The van der Waals surface area contributed by atoms with Gasteiger partial charge in [0.1, 0.15) is 5.75 Å². The Morgan fingerprint density at radius 1 is 1.05 bits per heavy atom. The van der Waals surface area contributed by atoms with E-state index in [1.165, 1.54) is 19.3 Å². The zero-order valence-electron chi connectivity index (χ0n) is 14.0. The van der Waals surface area contributed by atoms with E-state index >= 15 is 0 Å². The maximum absolute atomic E-state index is 12.0. The molecule has 0 saturated carbocycles. The van der Waals surface area contributed by atoms with Crippen LogP contribution in [0.15, 0.2) is 29.4 Å². The van der Waals surface area contributed by atoms with Gasteiger partial charge in [0.05, 0.1) is 6.61 Å². The minimum Gasteiger partial charge on any atom is -0.494 e. The molecule has 1 amide bonds. The van der Waals surface area contributed by atoms with Gasteiger partial charge >= 0.3 is 0 Å². The summed E-state index contributed by atoms with van der Waals surface area (Å²) in [5.41, 5.74) is 4.17. The van der Waals surface area contributed by atoms with Crippen LogP contribution < -0.4 is 10.2 Å². The second-order valence-corrected chi connectivity index (χ2v) is 5.26. The molecule has 0 aliphatic heterocycles. The molecule has 0 saturated heterocycles. The number of rotatable bonds is 10. The maximum atomic E-state index is 12.0. The second kappa shape index (κ2) is 10.8. The fourth-order valence-corrected chi connectivity index (χ4v) is 2.02. The summed E-state index contributed by atoms with van der Waals surface area (Å²) < 4.78 is 5.66. The summed E-state index contributed by atoms with van der Waals surface area (Å²) in [6, 6.07) is 7.20. The molecule has 4 heteroatoms. The van der Waals surface area contributed by atoms with Crippen LogP contribution in [0.25, 0.3) is 0 Å². The van der Waals surface area contributed by atoms with Gasteiger partial charge in [0.2, 0.25) is 0 Å². The normalized spacial score (nSPS) is 10.1. The van der Waals surface area contributed by atoms with Gasteiger partial charge in [0.25, 0.3) is 5.91 Å². The van der Waals surface area contributed by atoms with E-state index in [1.807, 2.05) is 26.0 Å². The smallest absolute Gasteiger partial charge is 0.271 e. The molecule has 0 radical (unpaired) electrons. The van der Waals surface area contributed by atoms with E-state index in [0.29, 0.717) is 5.56 Å². The number of hydrazone groups is 1. The van der Waals surface area contributed by atoms with Gasteiger partial charge in [-0.25, -0.2) is 5.43 Å². The van der Waals surface area contributed by atoms with Crippen LogP contribution in [0, 0.1) is 0 Å². The number of nitrogens with zero attached hydrogens (tertiary/aromatic N) is 1. The second-order valence-electron chi connectivity index (χ2n) is 5.26. The summed E-state index contributed by atoms with van der Waals surface area (Å²) in [6.07, 6.45) is 6.45. The fraction of sp³-hybridized carbons (Fsp3) is 0.556. The largest absolute Gasteiger partial charge is 0.494 e. The molecule has 0 spiro atoms. The monoisotopic (exact) mass is 304 g/mol. The molecule has 0 aromatic heterocycles. The summed E-state index contributed by atoms with van der Waals surface area (Å²) in [5.74, 6) is 0.619. The number of carbonyl (C=O) groups excluding carboxylic acids is 1. The van der Waals surface area contributed by atoms with Crippen molar-refractivity contribution in [1.29, 1.82) is 0 Å². The van der Waals surface area contributed by atoms with Crippen molar-refractivity contribution in [3.05, 3.63) is 29.8 Å². The molecule has 0 fully saturated rings. The Balaban J connectivity index is 2.43. The summed E-state index contributed by atoms with van der Waals surface area (Å²) in [4.78, 5) is 12.0. The lowest BCUT2D eigenvalue weighted by molar-refractivity contribution is 0.0954. The maximum Gasteiger partial charge on any atom is 0.271 e. The predicted octanol–water partition coefficient (Wildman–Crippen LogP) is 4.55. The molecule has 122 valence electrons. The van der Waals surface area contributed by atoms with Crippen LogP contribution >= 0.6 is 0 Å². The van der Waals surface area contributed by atoms with E-state index in [-0.39, 0.29) is 5.91 Å². The quantitative estimate of drug-likeness (QED) is 0.391. The fourth-order valence-electron chi connectivity index (χ4n) is 2.02. The minimum atomic E-state index is -0.186. The van der Waals surface area contributed by atoms with E-state index in [0.717, 1.165) is 37.3 Å². The number of amides is 1. The predicted molar refractivity (Wildman–Crippen MR) is 91.6 cm³/mol. The Labute approximate surface area is 134 Å². The van der Waals surface area contributed by atoms with Gasteiger partial charge in [-0.1, -0.05) is 40.0 Å². The van der Waals surface area contributed by atoms with Crippen LogP contribution in [0.2, 0.25) is 0 Å². The van der Waals surface area contributed by atoms with Gasteiger partial charge in [-0.15, -0.1) is 0 Å². The summed E-state index contributed by atoms with van der Waals surface area (Å²) in [7, 11) is 0. The van der Waals surface area contributed by atoms with Gasteiger partial charge in [-0.3, -0.25) is 4.79 Å². The molecule has 0 aliphatic rings. The first-order valence-electron chi connectivity index (χ1n) is 8.29. The highest BCUT2D eigenvalue weighted by atomic mass is 16.5. The molecule has 1 aromatic rings. The van der Waals surface area contributed by atoms with Crippen molar-refractivity contribution in [3.8, 4) is 5.75 Å². The Bertz CT molecular complexity index is 460. The molecule has 0 atom stereocenters. The Hall–Kier alpha value is -1.84. The van der Waals surface area contributed by atoms with Crippen molar-refractivity contribution in [2.75, 3.05) is 6.61 Å². The average molecular weight is 304 g/mol. The lowest BCUT2D eigenvalue weighted by atomic mass is 10.2. The third-order valence-electron chi connectivity index (χ3n) is 3.51. The van der Waals surface area contributed by atoms with Gasteiger partial charge in [-0.05, 0) is 43.5 Å². The van der Waals surface area contributed by atoms with Crippen LogP contribution in [0.5, 0.6) is 5.75 Å². The average Bonchev–Trinajstić information content (AvgIpc) is 2.56. The first-order valence-corrected chi connectivity index (χ1v) is 8.29. The van der Waals surface area contributed by atoms with E-state index in [2.05, 4.69) is 17.5 Å². The summed E-state index contributed by atoms with van der Waals surface area (Å²) in [5, 5.41) is 4.12. The highest BCUT2D eigenvalue weighted by Crippen LogP contribution is 2.13. The molecule has 0 heterocycles. The zero-order valence-corrected chi connectivity index (χ0v) is 14.0. The molecule has 1 aromatic carbocycles. The van der Waals surface area contributed by atoms with Crippen molar-refractivity contribution in [2.45, 2.75) is 59.3 Å². The van der Waals surface area contributed by atoms with Crippen LogP contribution in [0.1, 0.15) is 69.7 Å². The van der Waals surface area contributed by atoms with Crippen LogP contribution in [0.4, 0.5) is 0 Å². The number of hydrogen-bond donors (Lipinski definition) is 1. The molecular weight excluding hydrogens is 276 g/mol. The number of carbonyl (C=O) groups is 1. The van der Waals surface area contributed by atoms with Crippen molar-refractivity contribution in [2.24, 2.45) is 5.10 Å². The SMILES string of the molecule is CCCCCCOc1ccc(C(=O)NN=C(CC)CC)cc1. The third-order valence-corrected chi connectivity index (χ3v) is 3.51. The molecule has 1 rings (SSSR count). The molecule has 22 heavy (non-hydrogen) atoms. The molecule has 0 aliphatic carbocycles. The van der Waals surface area contributed by atoms with E-state index < -0.39 is 0 Å². The van der Waals surface area contributed by atoms with Crippen LogP contribution in [0.3, 0.4) is 0 Å². The minimum absolute atomic E-state index is 0.186. The Kier molecular flexibility index (Phi) is 8.96. The lowest BCUT2D eigenvalue weighted by Gasteiger charge is -2.07. The number of ether oxygens (including phenoxy) is 1. The molecule has 0 bridgehead atoms. The van der Waals surface area contributed by atoms with Gasteiger partial charge in [0, 0.05) is 11.3 Å². The van der Waals surface area contributed by atoms with Crippen molar-refractivity contribution in [1.82, 2.24) is 5.43 Å². The summed E-state index contributed by atoms with van der Waals surface area (Å²) >= 11 is 0. The number of benzene rings is 1. The van der Waals surface area contributed by atoms with E-state index in [1.54, 1.807) is 12.1 Å². The number of unbranched alkanes of at least 4 members (excludes halogenated alkanes) is 3. The molecule has 0 unspecified atom stereocenters. The number of nitrogens with one attached hydrogen (secondary N) is 1. The molecular formula is C18H28N2O2. The van der Waals surface area contributed by atoms with Crippen molar-refractivity contribution < 1.29 is 9.53 Å². The highest BCUT2D eigenvalue weighted by molar-refractivity contribution is 5.95. The molecule has 1 N–H and O–H groups in total. The van der Waals surface area contributed by atoms with Crippen LogP contribution in [-0.4, -0.2) is 18.2 Å². The number of hydrogen-bond acceptors (Lipinski definition) is 3. The highest BCUT2D eigenvalue weighted by Gasteiger charge is 2.05. The molecule has 4 nitrogen and oxygen atoms in total. The van der Waals surface area contributed by atoms with Crippen molar-refractivity contribution >= 4 is 11.6 Å². The summed E-state index contributed by atoms with van der Waals surface area (Å²) in [6.45, 7) is 6.98. The third kappa shape index (κ3) is 6.74. The Morgan fingerprint density at radius 2 is 1.73 bits per heavy atom.